The Labute approximate surface area is 283 Å². The number of anilines is 2. The standard InChI is InChI=1S/C40H33N7O2/c48-47(49)36-18-10-17-35(26-36)44-21-23-45(24-22-44)39-37-25-30(19-20-38(37)41-29-42-39)31-27-43-46(28-31)40(32-11-4-1-5-12-32,33-13-6-2-7-14-33)34-15-8-3-9-16-34/h1-20,25-29H,21-24H2. The average Bonchev–Trinajstić information content (AvgIpc) is 3.67. The van der Waals surface area contributed by atoms with Crippen LogP contribution in [0.5, 0.6) is 0 Å². The van der Waals surface area contributed by atoms with Gasteiger partial charge in [0.2, 0.25) is 0 Å². The van der Waals surface area contributed by atoms with Gasteiger partial charge >= 0.3 is 0 Å². The van der Waals surface area contributed by atoms with E-state index in [0.717, 1.165) is 76.4 Å². The molecule has 3 heterocycles. The van der Waals surface area contributed by atoms with Gasteiger partial charge in [-0.3, -0.25) is 14.8 Å². The van der Waals surface area contributed by atoms with Crippen LogP contribution in [-0.4, -0.2) is 50.9 Å². The first-order chi connectivity index (χ1) is 24.1. The van der Waals surface area contributed by atoms with Crippen molar-refractivity contribution in [3.05, 3.63) is 179 Å². The second-order valence-electron chi connectivity index (χ2n) is 12.2. The summed E-state index contributed by atoms with van der Waals surface area (Å²) in [5.41, 5.74) is 6.47. The van der Waals surface area contributed by atoms with E-state index in [-0.39, 0.29) is 10.6 Å². The van der Waals surface area contributed by atoms with Crippen molar-refractivity contribution in [3.63, 3.8) is 0 Å². The normalized spacial score (nSPS) is 13.5. The Kier molecular flexibility index (Phi) is 7.77. The summed E-state index contributed by atoms with van der Waals surface area (Å²) in [7, 11) is 0. The van der Waals surface area contributed by atoms with Crippen molar-refractivity contribution in [2.24, 2.45) is 0 Å². The van der Waals surface area contributed by atoms with E-state index in [9.17, 15) is 10.1 Å². The number of nitro groups is 1. The number of nitro benzene ring substituents is 1. The van der Waals surface area contributed by atoms with Gasteiger partial charge < -0.3 is 9.80 Å². The number of aromatic nitrogens is 4. The molecule has 0 N–H and O–H groups in total. The number of nitrogens with zero attached hydrogens (tertiary/aromatic N) is 7. The van der Waals surface area contributed by atoms with E-state index in [1.165, 1.54) is 6.07 Å². The fourth-order valence-electron chi connectivity index (χ4n) is 7.04. The summed E-state index contributed by atoms with van der Waals surface area (Å²) in [5.74, 6) is 0.880. The predicted octanol–water partition coefficient (Wildman–Crippen LogP) is 7.57. The first kappa shape index (κ1) is 30.0. The highest BCUT2D eigenvalue weighted by Gasteiger charge is 2.39. The Morgan fingerprint density at radius 1 is 0.633 bits per heavy atom. The molecule has 0 saturated carbocycles. The summed E-state index contributed by atoms with van der Waals surface area (Å²) in [4.78, 5) is 24.8. The van der Waals surface area contributed by atoms with Gasteiger partial charge in [0.25, 0.3) is 5.69 Å². The summed E-state index contributed by atoms with van der Waals surface area (Å²) in [6.45, 7) is 2.90. The quantitative estimate of drug-likeness (QED) is 0.0958. The van der Waals surface area contributed by atoms with Crippen LogP contribution in [0.3, 0.4) is 0 Å². The number of non-ortho nitro benzene ring substituents is 1. The van der Waals surface area contributed by atoms with Crippen LogP contribution in [0.1, 0.15) is 16.7 Å². The maximum atomic E-state index is 11.3. The van der Waals surface area contributed by atoms with Gasteiger partial charge in [0, 0.05) is 61.1 Å². The van der Waals surface area contributed by atoms with Crippen molar-refractivity contribution >= 4 is 28.1 Å². The molecular weight excluding hydrogens is 610 g/mol. The van der Waals surface area contributed by atoms with Crippen LogP contribution < -0.4 is 9.80 Å². The van der Waals surface area contributed by atoms with Crippen molar-refractivity contribution in [2.75, 3.05) is 36.0 Å². The topological polar surface area (TPSA) is 93.2 Å². The van der Waals surface area contributed by atoms with E-state index < -0.39 is 5.54 Å². The average molecular weight is 644 g/mol. The second-order valence-corrected chi connectivity index (χ2v) is 12.2. The number of benzene rings is 5. The number of hydrogen-bond acceptors (Lipinski definition) is 7. The molecule has 1 aliphatic rings. The Morgan fingerprint density at radius 3 is 1.86 bits per heavy atom. The van der Waals surface area contributed by atoms with Crippen molar-refractivity contribution in [3.8, 4) is 11.1 Å². The molecule has 1 aliphatic heterocycles. The maximum absolute atomic E-state index is 11.3. The van der Waals surface area contributed by atoms with Gasteiger partial charge in [-0.1, -0.05) is 103 Å². The van der Waals surface area contributed by atoms with Gasteiger partial charge in [0.05, 0.1) is 16.6 Å². The Morgan fingerprint density at radius 2 is 1.24 bits per heavy atom. The Bertz CT molecular complexity index is 2140. The zero-order valence-electron chi connectivity index (χ0n) is 26.7. The number of piperazine rings is 1. The van der Waals surface area contributed by atoms with E-state index >= 15 is 0 Å². The zero-order valence-corrected chi connectivity index (χ0v) is 26.7. The Balaban J connectivity index is 1.16. The lowest BCUT2D eigenvalue weighted by Gasteiger charge is -2.37. The summed E-state index contributed by atoms with van der Waals surface area (Å²) in [5, 5.41) is 17.4. The molecule has 0 atom stereocenters. The summed E-state index contributed by atoms with van der Waals surface area (Å²) in [6.07, 6.45) is 5.69. The minimum absolute atomic E-state index is 0.103. The van der Waals surface area contributed by atoms with Gasteiger partial charge in [-0.2, -0.15) is 5.10 Å². The molecule has 9 nitrogen and oxygen atoms in total. The monoisotopic (exact) mass is 643 g/mol. The van der Waals surface area contributed by atoms with Gasteiger partial charge in [-0.05, 0) is 40.5 Å². The van der Waals surface area contributed by atoms with Crippen molar-refractivity contribution in [1.82, 2.24) is 19.7 Å². The third kappa shape index (κ3) is 5.45. The molecule has 0 aliphatic carbocycles. The van der Waals surface area contributed by atoms with Gasteiger partial charge in [0.15, 0.2) is 0 Å². The van der Waals surface area contributed by atoms with Crippen LogP contribution in [-0.2, 0) is 5.54 Å². The molecule has 9 heteroatoms. The summed E-state index contributed by atoms with van der Waals surface area (Å²) in [6, 6.07) is 44.7. The van der Waals surface area contributed by atoms with Crippen molar-refractivity contribution in [1.29, 1.82) is 0 Å². The highest BCUT2D eigenvalue weighted by Crippen LogP contribution is 2.41. The van der Waals surface area contributed by atoms with Gasteiger partial charge in [-0.25, -0.2) is 9.97 Å². The van der Waals surface area contributed by atoms with Crippen LogP contribution in [0.4, 0.5) is 17.2 Å². The molecular formula is C40H33N7O2. The van der Waals surface area contributed by atoms with Crippen molar-refractivity contribution < 1.29 is 4.92 Å². The lowest BCUT2D eigenvalue weighted by atomic mass is 9.77. The van der Waals surface area contributed by atoms with E-state index in [1.54, 1.807) is 18.5 Å². The summed E-state index contributed by atoms with van der Waals surface area (Å²) < 4.78 is 2.09. The molecule has 2 aromatic heterocycles. The van der Waals surface area contributed by atoms with Crippen LogP contribution >= 0.6 is 0 Å². The molecule has 8 rings (SSSR count). The Hall–Kier alpha value is -6.35. The fraction of sp³-hybridized carbons (Fsp3) is 0.125. The van der Waals surface area contributed by atoms with E-state index in [0.29, 0.717) is 0 Å². The number of fused-ring (bicyclic) bond motifs is 1. The number of hydrogen-bond donors (Lipinski definition) is 0. The number of rotatable bonds is 8. The minimum atomic E-state index is -0.702. The molecule has 1 saturated heterocycles. The molecule has 0 amide bonds. The van der Waals surface area contributed by atoms with Gasteiger partial charge in [-0.15, -0.1) is 0 Å². The first-order valence-electron chi connectivity index (χ1n) is 16.3. The molecule has 49 heavy (non-hydrogen) atoms. The smallest absolute Gasteiger partial charge is 0.271 e. The molecule has 240 valence electrons. The van der Waals surface area contributed by atoms with E-state index in [2.05, 4.69) is 111 Å². The predicted molar refractivity (Wildman–Crippen MR) is 193 cm³/mol. The van der Waals surface area contributed by atoms with Crippen LogP contribution in [0.2, 0.25) is 0 Å². The lowest BCUT2D eigenvalue weighted by Crippen LogP contribution is -2.46. The van der Waals surface area contributed by atoms with E-state index in [4.69, 9.17) is 10.1 Å². The molecule has 0 spiro atoms. The SMILES string of the molecule is O=[N+]([O-])c1cccc(N2CCN(c3ncnc4ccc(-c5cnn(C(c6ccccc6)(c6ccccc6)c6ccccc6)c5)cc34)CC2)c1. The largest absolute Gasteiger partial charge is 0.368 e. The zero-order chi connectivity index (χ0) is 33.2. The van der Waals surface area contributed by atoms with Crippen LogP contribution in [0, 0.1) is 10.1 Å². The molecule has 5 aromatic carbocycles. The molecule has 0 radical (unpaired) electrons. The van der Waals surface area contributed by atoms with Crippen molar-refractivity contribution in [2.45, 2.75) is 5.54 Å². The summed E-state index contributed by atoms with van der Waals surface area (Å²) >= 11 is 0. The molecule has 1 fully saturated rings. The fourth-order valence-corrected chi connectivity index (χ4v) is 7.04. The third-order valence-corrected chi connectivity index (χ3v) is 9.43. The second kappa shape index (κ2) is 12.7. The maximum Gasteiger partial charge on any atom is 0.271 e. The van der Waals surface area contributed by atoms with Crippen LogP contribution in [0.25, 0.3) is 22.0 Å². The highest BCUT2D eigenvalue weighted by molar-refractivity contribution is 5.93. The minimum Gasteiger partial charge on any atom is -0.368 e. The molecule has 0 bridgehead atoms. The first-order valence-corrected chi connectivity index (χ1v) is 16.3. The third-order valence-electron chi connectivity index (χ3n) is 9.43. The highest BCUT2D eigenvalue weighted by atomic mass is 16.6. The lowest BCUT2D eigenvalue weighted by molar-refractivity contribution is -0.384. The molecule has 0 unspecified atom stereocenters. The van der Waals surface area contributed by atoms with Gasteiger partial charge in [0.1, 0.15) is 17.7 Å². The van der Waals surface area contributed by atoms with Crippen LogP contribution in [0.15, 0.2) is 152 Å². The molecule has 7 aromatic rings. The van der Waals surface area contributed by atoms with E-state index in [1.807, 2.05) is 36.5 Å².